The van der Waals surface area contributed by atoms with Crippen LogP contribution in [0.5, 0.6) is 0 Å². The van der Waals surface area contributed by atoms with Crippen LogP contribution in [0.15, 0.2) is 9.98 Å². The molecule has 2 heteroatoms. The fraction of sp³-hybridized carbons (Fsp3) is 0.750. The Hall–Kier alpha value is -1.10. The number of aliphatic imine (C=N–C) groups is 2. The summed E-state index contributed by atoms with van der Waals surface area (Å²) < 4.78 is 0. The zero-order valence-electron chi connectivity index (χ0n) is 12.1. The van der Waals surface area contributed by atoms with Gasteiger partial charge in [0, 0.05) is 13.1 Å². The molecule has 0 spiro atoms. The molecule has 0 aliphatic heterocycles. The van der Waals surface area contributed by atoms with Crippen molar-refractivity contribution in [3.63, 3.8) is 0 Å². The van der Waals surface area contributed by atoms with Crippen LogP contribution >= 0.6 is 0 Å². The molecule has 0 saturated heterocycles. The Balaban J connectivity index is 3.36. The second-order valence-electron chi connectivity index (χ2n) is 4.48. The number of nitrogens with zero attached hydrogens (tertiary/aromatic N) is 2. The zero-order chi connectivity index (χ0) is 13.3. The minimum atomic E-state index is 0.906. The molecule has 0 N–H and O–H groups in total. The highest BCUT2D eigenvalue weighted by Crippen LogP contribution is 1.98. The molecule has 0 bridgehead atoms. The number of hydrogen-bond donors (Lipinski definition) is 0. The van der Waals surface area contributed by atoms with Crippen LogP contribution < -0.4 is 0 Å². The van der Waals surface area contributed by atoms with Gasteiger partial charge < -0.3 is 0 Å². The van der Waals surface area contributed by atoms with Gasteiger partial charge in [-0.1, -0.05) is 52.4 Å². The summed E-state index contributed by atoms with van der Waals surface area (Å²) in [6.45, 7) is 6.25. The monoisotopic (exact) mass is 248 g/mol. The summed E-state index contributed by atoms with van der Waals surface area (Å²) in [5.41, 5.74) is 0. The number of unbranched alkanes of at least 4 members (excludes halogenated alkanes) is 6. The van der Waals surface area contributed by atoms with Crippen molar-refractivity contribution in [2.24, 2.45) is 9.98 Å². The van der Waals surface area contributed by atoms with Crippen LogP contribution in [-0.2, 0) is 0 Å². The Labute approximate surface area is 113 Å². The van der Waals surface area contributed by atoms with E-state index in [1.807, 2.05) is 0 Å². The van der Waals surface area contributed by atoms with Gasteiger partial charge in [0.25, 0.3) is 0 Å². The Morgan fingerprint density at radius 1 is 0.667 bits per heavy atom. The van der Waals surface area contributed by atoms with Gasteiger partial charge in [-0.3, -0.25) is 9.98 Å². The maximum absolute atomic E-state index is 4.24. The van der Waals surface area contributed by atoms with E-state index in [2.05, 4.69) is 35.7 Å². The summed E-state index contributed by atoms with van der Waals surface area (Å²) in [5, 5.41) is 0. The lowest BCUT2D eigenvalue weighted by Crippen LogP contribution is -1.83. The highest BCUT2D eigenvalue weighted by molar-refractivity contribution is 5.88. The third-order valence-corrected chi connectivity index (χ3v) is 2.68. The standard InChI is InChI=1S/C16H28N2/c1-3-5-7-9-13-17-15-11-12-16-18-14-10-8-6-4-2/h15-16H,3-10,13-14H2,1-2H3. The molecular formula is C16H28N2. The van der Waals surface area contributed by atoms with Crippen LogP contribution in [0.1, 0.15) is 65.2 Å². The second-order valence-corrected chi connectivity index (χ2v) is 4.48. The SMILES string of the molecule is CCCCCCN=CC#CC=NCCCCCC. The predicted octanol–water partition coefficient (Wildman–Crippen LogP) is 4.29. The van der Waals surface area contributed by atoms with Gasteiger partial charge in [-0.05, 0) is 24.7 Å². The summed E-state index contributed by atoms with van der Waals surface area (Å²) in [6, 6.07) is 0. The smallest absolute Gasteiger partial charge is 0.0715 e. The third-order valence-electron chi connectivity index (χ3n) is 2.68. The molecule has 0 aromatic rings. The quantitative estimate of drug-likeness (QED) is 0.313. The topological polar surface area (TPSA) is 24.7 Å². The van der Waals surface area contributed by atoms with Crippen LogP contribution in [0.3, 0.4) is 0 Å². The number of hydrogen-bond acceptors (Lipinski definition) is 2. The lowest BCUT2D eigenvalue weighted by Gasteiger charge is -1.92. The van der Waals surface area contributed by atoms with Gasteiger partial charge in [-0.2, -0.15) is 0 Å². The van der Waals surface area contributed by atoms with Gasteiger partial charge >= 0.3 is 0 Å². The molecule has 0 saturated carbocycles. The van der Waals surface area contributed by atoms with Gasteiger partial charge in [-0.25, -0.2) is 0 Å². The first-order valence-corrected chi connectivity index (χ1v) is 7.39. The van der Waals surface area contributed by atoms with E-state index in [9.17, 15) is 0 Å². The second kappa shape index (κ2) is 15.9. The van der Waals surface area contributed by atoms with Crippen LogP contribution in [0.4, 0.5) is 0 Å². The van der Waals surface area contributed by atoms with Crippen molar-refractivity contribution in [2.45, 2.75) is 65.2 Å². The summed E-state index contributed by atoms with van der Waals surface area (Å²) in [4.78, 5) is 8.48. The average molecular weight is 248 g/mol. The van der Waals surface area contributed by atoms with Crippen LogP contribution in [0, 0.1) is 11.8 Å². The molecule has 0 rings (SSSR count). The van der Waals surface area contributed by atoms with E-state index < -0.39 is 0 Å². The molecule has 0 aromatic carbocycles. The lowest BCUT2D eigenvalue weighted by atomic mass is 10.2. The van der Waals surface area contributed by atoms with E-state index in [0.717, 1.165) is 13.1 Å². The van der Waals surface area contributed by atoms with Gasteiger partial charge in [-0.15, -0.1) is 0 Å². The van der Waals surface area contributed by atoms with E-state index in [1.165, 1.54) is 51.4 Å². The van der Waals surface area contributed by atoms with Gasteiger partial charge in [0.1, 0.15) is 0 Å². The van der Waals surface area contributed by atoms with E-state index in [1.54, 1.807) is 12.4 Å². The molecule has 102 valence electrons. The van der Waals surface area contributed by atoms with E-state index in [-0.39, 0.29) is 0 Å². The normalized spacial score (nSPS) is 11.0. The molecule has 0 amide bonds. The van der Waals surface area contributed by atoms with E-state index >= 15 is 0 Å². The number of rotatable bonds is 10. The fourth-order valence-corrected chi connectivity index (χ4v) is 1.55. The maximum Gasteiger partial charge on any atom is 0.0715 e. The van der Waals surface area contributed by atoms with Crippen molar-refractivity contribution < 1.29 is 0 Å². The molecule has 18 heavy (non-hydrogen) atoms. The molecule has 0 fully saturated rings. The molecule has 0 aliphatic carbocycles. The van der Waals surface area contributed by atoms with Gasteiger partial charge in [0.2, 0.25) is 0 Å². The zero-order valence-corrected chi connectivity index (χ0v) is 12.1. The molecule has 0 aromatic heterocycles. The highest BCUT2D eigenvalue weighted by Gasteiger charge is 1.84. The Bertz CT molecular complexity index is 243. The average Bonchev–Trinajstić information content (AvgIpc) is 2.39. The maximum atomic E-state index is 4.24. The Morgan fingerprint density at radius 3 is 1.50 bits per heavy atom. The van der Waals surface area contributed by atoms with Gasteiger partial charge in [0.15, 0.2) is 0 Å². The Morgan fingerprint density at radius 2 is 1.11 bits per heavy atom. The van der Waals surface area contributed by atoms with Gasteiger partial charge in [0.05, 0.1) is 12.4 Å². The van der Waals surface area contributed by atoms with E-state index in [0.29, 0.717) is 0 Å². The van der Waals surface area contributed by atoms with Crippen LogP contribution in [-0.4, -0.2) is 25.5 Å². The van der Waals surface area contributed by atoms with Crippen LogP contribution in [0.25, 0.3) is 0 Å². The highest BCUT2D eigenvalue weighted by atomic mass is 14.7. The molecule has 0 aliphatic rings. The van der Waals surface area contributed by atoms with E-state index in [4.69, 9.17) is 0 Å². The van der Waals surface area contributed by atoms with Crippen LogP contribution in [0.2, 0.25) is 0 Å². The van der Waals surface area contributed by atoms with Crippen molar-refractivity contribution in [3.8, 4) is 11.8 Å². The minimum absolute atomic E-state index is 0.906. The fourth-order valence-electron chi connectivity index (χ4n) is 1.55. The minimum Gasteiger partial charge on any atom is -0.284 e. The molecule has 0 unspecified atom stereocenters. The summed E-state index contributed by atoms with van der Waals surface area (Å²) >= 11 is 0. The summed E-state index contributed by atoms with van der Waals surface area (Å²) in [7, 11) is 0. The van der Waals surface area contributed by atoms with Crippen molar-refractivity contribution in [1.29, 1.82) is 0 Å². The summed E-state index contributed by atoms with van der Waals surface area (Å²) in [5.74, 6) is 5.77. The molecule has 0 atom stereocenters. The third kappa shape index (κ3) is 14.9. The van der Waals surface area contributed by atoms with Crippen molar-refractivity contribution in [2.75, 3.05) is 13.1 Å². The van der Waals surface area contributed by atoms with Crippen molar-refractivity contribution in [1.82, 2.24) is 0 Å². The first-order valence-electron chi connectivity index (χ1n) is 7.39. The molecule has 0 radical (unpaired) electrons. The first kappa shape index (κ1) is 16.9. The molecule has 2 nitrogen and oxygen atoms in total. The van der Waals surface area contributed by atoms with Crippen molar-refractivity contribution in [3.05, 3.63) is 0 Å². The first-order chi connectivity index (χ1) is 8.91. The summed E-state index contributed by atoms with van der Waals surface area (Å²) in [6.07, 6.45) is 13.5. The lowest BCUT2D eigenvalue weighted by molar-refractivity contribution is 0.676. The van der Waals surface area contributed by atoms with Crippen molar-refractivity contribution >= 4 is 12.4 Å². The largest absolute Gasteiger partial charge is 0.284 e. The molecule has 0 heterocycles. The Kier molecular flexibility index (Phi) is 14.9. The predicted molar refractivity (Wildman–Crippen MR) is 82.8 cm³/mol. The molecular weight excluding hydrogens is 220 g/mol.